The van der Waals surface area contributed by atoms with E-state index in [2.05, 4.69) is 42.6 Å². The summed E-state index contributed by atoms with van der Waals surface area (Å²) in [5, 5.41) is 9.90. The first-order chi connectivity index (χ1) is 9.87. The Morgan fingerprint density at radius 2 is 1.90 bits per heavy atom. The fourth-order valence-corrected chi connectivity index (χ4v) is 3.04. The van der Waals surface area contributed by atoms with Crippen molar-refractivity contribution < 1.29 is 5.11 Å². The van der Waals surface area contributed by atoms with Crippen LogP contribution in [0.25, 0.3) is 0 Å². The predicted octanol–water partition coefficient (Wildman–Crippen LogP) is 2.08. The molecular formula is C15H25BrN4O. The molecule has 0 aromatic carbocycles. The van der Waals surface area contributed by atoms with Gasteiger partial charge in [0.25, 0.3) is 0 Å². The van der Waals surface area contributed by atoms with Crippen LogP contribution >= 0.6 is 15.9 Å². The largest absolute Gasteiger partial charge is 0.389 e. The van der Waals surface area contributed by atoms with Gasteiger partial charge in [-0.3, -0.25) is 4.90 Å². The summed E-state index contributed by atoms with van der Waals surface area (Å²) in [6.45, 7) is 10.4. The number of aromatic nitrogens is 2. The van der Waals surface area contributed by atoms with Crippen LogP contribution in [0.5, 0.6) is 0 Å². The average Bonchev–Trinajstić information content (AvgIpc) is 2.37. The molecule has 0 aliphatic carbocycles. The van der Waals surface area contributed by atoms with E-state index < -0.39 is 5.60 Å². The van der Waals surface area contributed by atoms with E-state index in [4.69, 9.17) is 0 Å². The molecule has 2 heterocycles. The highest BCUT2D eigenvalue weighted by Gasteiger charge is 2.23. The van der Waals surface area contributed by atoms with Crippen LogP contribution in [0, 0.1) is 0 Å². The highest BCUT2D eigenvalue weighted by Crippen LogP contribution is 2.19. The summed E-state index contributed by atoms with van der Waals surface area (Å²) in [6, 6.07) is 1.99. The monoisotopic (exact) mass is 356 g/mol. The highest BCUT2D eigenvalue weighted by atomic mass is 79.9. The zero-order valence-electron chi connectivity index (χ0n) is 13.1. The van der Waals surface area contributed by atoms with Gasteiger partial charge in [-0.2, -0.15) is 0 Å². The molecule has 0 unspecified atom stereocenters. The molecule has 0 spiro atoms. The van der Waals surface area contributed by atoms with Crippen LogP contribution in [0.2, 0.25) is 0 Å². The second-order valence-electron chi connectivity index (χ2n) is 6.29. The molecule has 1 saturated heterocycles. The second kappa shape index (κ2) is 7.03. The highest BCUT2D eigenvalue weighted by molar-refractivity contribution is 9.10. The lowest BCUT2D eigenvalue weighted by atomic mass is 10.1. The Kier molecular flexibility index (Phi) is 5.57. The Balaban J connectivity index is 1.98. The summed E-state index contributed by atoms with van der Waals surface area (Å²) in [7, 11) is 0. The first kappa shape index (κ1) is 16.6. The SMILES string of the molecule is CCCc1nc(Br)cc(N2CCN(CC(C)(C)O)CC2)n1. The van der Waals surface area contributed by atoms with E-state index in [-0.39, 0.29) is 0 Å². The minimum atomic E-state index is -0.631. The van der Waals surface area contributed by atoms with Gasteiger partial charge >= 0.3 is 0 Å². The Bertz CT molecular complexity index is 467. The van der Waals surface area contributed by atoms with Crippen molar-refractivity contribution in [2.75, 3.05) is 37.6 Å². The zero-order valence-corrected chi connectivity index (χ0v) is 14.7. The number of hydrogen-bond acceptors (Lipinski definition) is 5. The van der Waals surface area contributed by atoms with Crippen molar-refractivity contribution in [3.63, 3.8) is 0 Å². The Labute approximate surface area is 135 Å². The summed E-state index contributed by atoms with van der Waals surface area (Å²) < 4.78 is 0.856. The van der Waals surface area contributed by atoms with Gasteiger partial charge in [0.15, 0.2) is 0 Å². The van der Waals surface area contributed by atoms with Gasteiger partial charge in [-0.25, -0.2) is 9.97 Å². The molecule has 0 atom stereocenters. The Hall–Kier alpha value is -0.720. The molecule has 0 amide bonds. The van der Waals surface area contributed by atoms with Crippen LogP contribution < -0.4 is 4.90 Å². The third-order valence-electron chi connectivity index (χ3n) is 3.51. The van der Waals surface area contributed by atoms with Crippen LogP contribution in [-0.2, 0) is 6.42 Å². The number of hydrogen-bond donors (Lipinski definition) is 1. The molecule has 0 saturated carbocycles. The number of piperazine rings is 1. The van der Waals surface area contributed by atoms with Crippen LogP contribution in [0.4, 0.5) is 5.82 Å². The predicted molar refractivity (Wildman–Crippen MR) is 88.7 cm³/mol. The van der Waals surface area contributed by atoms with Gasteiger partial charge in [-0.15, -0.1) is 0 Å². The number of aryl methyl sites for hydroxylation is 1. The molecule has 0 bridgehead atoms. The number of anilines is 1. The van der Waals surface area contributed by atoms with Crippen molar-refractivity contribution in [2.24, 2.45) is 0 Å². The fourth-order valence-electron chi connectivity index (χ4n) is 2.63. The van der Waals surface area contributed by atoms with Crippen LogP contribution in [0.1, 0.15) is 33.0 Å². The third-order valence-corrected chi connectivity index (χ3v) is 3.91. The molecule has 6 heteroatoms. The molecule has 1 aliphatic rings. The van der Waals surface area contributed by atoms with Gasteiger partial charge in [-0.1, -0.05) is 6.92 Å². The maximum absolute atomic E-state index is 9.90. The van der Waals surface area contributed by atoms with E-state index in [9.17, 15) is 5.11 Å². The van der Waals surface area contributed by atoms with Gasteiger partial charge in [0.2, 0.25) is 0 Å². The quantitative estimate of drug-likeness (QED) is 0.818. The van der Waals surface area contributed by atoms with E-state index >= 15 is 0 Å². The average molecular weight is 357 g/mol. The van der Waals surface area contributed by atoms with Crippen molar-refractivity contribution in [1.29, 1.82) is 0 Å². The van der Waals surface area contributed by atoms with Crippen LogP contribution in [-0.4, -0.2) is 58.3 Å². The van der Waals surface area contributed by atoms with E-state index in [0.29, 0.717) is 0 Å². The number of aliphatic hydroxyl groups is 1. The molecule has 1 N–H and O–H groups in total. The molecule has 0 radical (unpaired) electrons. The summed E-state index contributed by atoms with van der Waals surface area (Å²) in [6.07, 6.45) is 1.96. The van der Waals surface area contributed by atoms with Gasteiger partial charge in [0, 0.05) is 45.2 Å². The summed E-state index contributed by atoms with van der Waals surface area (Å²) in [5.41, 5.74) is -0.631. The minimum Gasteiger partial charge on any atom is -0.389 e. The van der Waals surface area contributed by atoms with Crippen LogP contribution in [0.15, 0.2) is 10.7 Å². The molecule has 118 valence electrons. The topological polar surface area (TPSA) is 52.5 Å². The number of halogens is 1. The first-order valence-corrected chi connectivity index (χ1v) is 8.40. The molecule has 2 rings (SSSR count). The maximum Gasteiger partial charge on any atom is 0.133 e. The second-order valence-corrected chi connectivity index (χ2v) is 7.10. The summed E-state index contributed by atoms with van der Waals surface area (Å²) in [4.78, 5) is 13.7. The molecule has 1 aromatic rings. The summed E-state index contributed by atoms with van der Waals surface area (Å²) in [5.74, 6) is 1.91. The van der Waals surface area contributed by atoms with Crippen molar-refractivity contribution in [2.45, 2.75) is 39.2 Å². The molecule has 21 heavy (non-hydrogen) atoms. The van der Waals surface area contributed by atoms with Crippen molar-refractivity contribution >= 4 is 21.7 Å². The van der Waals surface area contributed by atoms with E-state index in [1.807, 2.05) is 19.9 Å². The number of nitrogens with zero attached hydrogens (tertiary/aromatic N) is 4. The lowest BCUT2D eigenvalue weighted by Crippen LogP contribution is -2.50. The van der Waals surface area contributed by atoms with Crippen molar-refractivity contribution in [3.8, 4) is 0 Å². The Morgan fingerprint density at radius 3 is 2.48 bits per heavy atom. The summed E-state index contributed by atoms with van der Waals surface area (Å²) >= 11 is 3.48. The van der Waals surface area contributed by atoms with E-state index in [0.717, 1.165) is 61.8 Å². The Morgan fingerprint density at radius 1 is 1.24 bits per heavy atom. The van der Waals surface area contributed by atoms with E-state index in [1.165, 1.54) is 0 Å². The normalized spacial score (nSPS) is 17.3. The van der Waals surface area contributed by atoms with E-state index in [1.54, 1.807) is 0 Å². The van der Waals surface area contributed by atoms with Crippen LogP contribution in [0.3, 0.4) is 0 Å². The van der Waals surface area contributed by atoms with Crippen molar-refractivity contribution in [3.05, 3.63) is 16.5 Å². The third kappa shape index (κ3) is 5.20. The minimum absolute atomic E-state index is 0.631. The van der Waals surface area contributed by atoms with Gasteiger partial charge < -0.3 is 10.0 Å². The smallest absolute Gasteiger partial charge is 0.133 e. The fraction of sp³-hybridized carbons (Fsp3) is 0.733. The first-order valence-electron chi connectivity index (χ1n) is 7.60. The molecular weight excluding hydrogens is 332 g/mol. The number of β-amino-alcohol motifs (C(OH)–C–C–N with tert-alkyl or cyclic N) is 1. The zero-order chi connectivity index (χ0) is 15.5. The number of rotatable bonds is 5. The molecule has 5 nitrogen and oxygen atoms in total. The molecule has 1 fully saturated rings. The lowest BCUT2D eigenvalue weighted by Gasteiger charge is -2.37. The van der Waals surface area contributed by atoms with Crippen molar-refractivity contribution in [1.82, 2.24) is 14.9 Å². The lowest BCUT2D eigenvalue weighted by molar-refractivity contribution is 0.0344. The standard InChI is InChI=1S/C15H25BrN4O/c1-4-5-13-17-12(16)10-14(18-13)20-8-6-19(7-9-20)11-15(2,3)21/h10,21H,4-9,11H2,1-3H3. The van der Waals surface area contributed by atoms with Gasteiger partial charge in [0.05, 0.1) is 5.60 Å². The molecule has 1 aliphatic heterocycles. The maximum atomic E-state index is 9.90. The molecule has 1 aromatic heterocycles. The van der Waals surface area contributed by atoms with Gasteiger partial charge in [0.1, 0.15) is 16.2 Å². The van der Waals surface area contributed by atoms with Gasteiger partial charge in [-0.05, 0) is 36.2 Å².